The smallest absolute Gasteiger partial charge is 0.104 e. The second-order valence-electron chi connectivity index (χ2n) is 7.02. The minimum atomic E-state index is -0.601. The third-order valence-electron chi connectivity index (χ3n) is 5.22. The molecule has 1 aliphatic carbocycles. The summed E-state index contributed by atoms with van der Waals surface area (Å²) in [5.41, 5.74) is 5.32. The third-order valence-corrected chi connectivity index (χ3v) is 5.22. The number of para-hydroxylation sites is 1. The van der Waals surface area contributed by atoms with Crippen LogP contribution < -0.4 is 0 Å². The van der Waals surface area contributed by atoms with Gasteiger partial charge in [-0.05, 0) is 59.7 Å². The van der Waals surface area contributed by atoms with Crippen LogP contribution in [-0.2, 0) is 0 Å². The van der Waals surface area contributed by atoms with Gasteiger partial charge in [0.15, 0.2) is 0 Å². The van der Waals surface area contributed by atoms with Gasteiger partial charge in [0.2, 0.25) is 0 Å². The molecule has 0 spiro atoms. The van der Waals surface area contributed by atoms with E-state index in [4.69, 9.17) is 0 Å². The average Bonchev–Trinajstić information content (AvgIpc) is 3.47. The van der Waals surface area contributed by atoms with Crippen LogP contribution in [0.3, 0.4) is 0 Å². The molecule has 3 nitrogen and oxygen atoms in total. The molecule has 0 saturated heterocycles. The Kier molecular flexibility index (Phi) is 3.61. The van der Waals surface area contributed by atoms with E-state index in [-0.39, 0.29) is 0 Å². The zero-order valence-corrected chi connectivity index (χ0v) is 14.4. The van der Waals surface area contributed by atoms with Crippen LogP contribution in [0.15, 0.2) is 79.0 Å². The molecule has 3 heteroatoms. The van der Waals surface area contributed by atoms with Gasteiger partial charge in [0.25, 0.3) is 0 Å². The van der Waals surface area contributed by atoms with Crippen LogP contribution in [0.2, 0.25) is 0 Å². The molecular weight excluding hydrogens is 320 g/mol. The lowest BCUT2D eigenvalue weighted by atomic mass is 9.94. The number of nitrogens with zero attached hydrogens (tertiary/aromatic N) is 2. The van der Waals surface area contributed by atoms with Crippen LogP contribution in [-0.4, -0.2) is 14.9 Å². The molecule has 4 aromatic rings. The Morgan fingerprint density at radius 2 is 1.69 bits per heavy atom. The van der Waals surface area contributed by atoms with Crippen molar-refractivity contribution in [1.29, 1.82) is 0 Å². The molecule has 1 N–H and O–H groups in total. The molecule has 1 aromatic heterocycles. The van der Waals surface area contributed by atoms with Crippen molar-refractivity contribution in [2.75, 3.05) is 0 Å². The summed E-state index contributed by atoms with van der Waals surface area (Å²) in [4.78, 5) is 0. The fourth-order valence-electron chi connectivity index (χ4n) is 3.70. The van der Waals surface area contributed by atoms with E-state index in [1.165, 1.54) is 18.4 Å². The molecule has 0 radical (unpaired) electrons. The first kappa shape index (κ1) is 15.4. The summed E-state index contributed by atoms with van der Waals surface area (Å²) in [6, 6.07) is 24.5. The molecule has 1 atom stereocenters. The van der Waals surface area contributed by atoms with E-state index in [0.29, 0.717) is 5.92 Å². The maximum atomic E-state index is 11.0. The maximum Gasteiger partial charge on any atom is 0.104 e. The van der Waals surface area contributed by atoms with Gasteiger partial charge in [-0.3, -0.25) is 0 Å². The van der Waals surface area contributed by atoms with Crippen LogP contribution in [0.4, 0.5) is 0 Å². The number of benzene rings is 3. The predicted molar refractivity (Wildman–Crippen MR) is 104 cm³/mol. The summed E-state index contributed by atoms with van der Waals surface area (Å²) >= 11 is 0. The van der Waals surface area contributed by atoms with Gasteiger partial charge in [-0.15, -0.1) is 0 Å². The lowest BCUT2D eigenvalue weighted by Gasteiger charge is -2.16. The Morgan fingerprint density at radius 1 is 0.923 bits per heavy atom. The Morgan fingerprint density at radius 3 is 2.50 bits per heavy atom. The summed E-state index contributed by atoms with van der Waals surface area (Å²) in [5.74, 6) is 0.616. The number of aromatic nitrogens is 2. The highest BCUT2D eigenvalue weighted by atomic mass is 16.3. The summed E-state index contributed by atoms with van der Waals surface area (Å²) in [5, 5.41) is 16.6. The van der Waals surface area contributed by atoms with Crippen LogP contribution in [0.1, 0.15) is 41.6 Å². The first-order chi connectivity index (χ1) is 12.8. The van der Waals surface area contributed by atoms with Gasteiger partial charge in [0.1, 0.15) is 6.10 Å². The minimum absolute atomic E-state index is 0.601. The highest BCUT2D eigenvalue weighted by molar-refractivity contribution is 5.81. The van der Waals surface area contributed by atoms with Gasteiger partial charge in [0.05, 0.1) is 17.4 Å². The number of hydrogen-bond donors (Lipinski definition) is 1. The number of fused-ring (bicyclic) bond motifs is 1. The van der Waals surface area contributed by atoms with Crippen molar-refractivity contribution in [3.8, 4) is 5.69 Å². The molecule has 26 heavy (non-hydrogen) atoms. The minimum Gasteiger partial charge on any atom is -0.384 e. The van der Waals surface area contributed by atoms with E-state index in [1.54, 1.807) is 0 Å². The lowest BCUT2D eigenvalue weighted by Crippen LogP contribution is -2.03. The molecule has 128 valence electrons. The zero-order chi connectivity index (χ0) is 17.5. The van der Waals surface area contributed by atoms with Crippen molar-refractivity contribution in [2.45, 2.75) is 24.9 Å². The standard InChI is InChI=1S/C23H20N2O/c26-23(21-9-5-4-8-20(21)16-10-11-16)17-12-13-22-18(14-17)15-24-25(22)19-6-2-1-3-7-19/h1-9,12-16,23,26H,10-11H2. The van der Waals surface area contributed by atoms with Gasteiger partial charge in [-0.25, -0.2) is 4.68 Å². The van der Waals surface area contributed by atoms with Crippen molar-refractivity contribution < 1.29 is 5.11 Å². The predicted octanol–water partition coefficient (Wildman–Crippen LogP) is 4.98. The van der Waals surface area contributed by atoms with Crippen LogP contribution in [0.25, 0.3) is 16.6 Å². The maximum absolute atomic E-state index is 11.0. The number of rotatable bonds is 4. The fourth-order valence-corrected chi connectivity index (χ4v) is 3.70. The van der Waals surface area contributed by atoms with Crippen LogP contribution in [0.5, 0.6) is 0 Å². The van der Waals surface area contributed by atoms with Gasteiger partial charge in [-0.1, -0.05) is 48.5 Å². The summed E-state index contributed by atoms with van der Waals surface area (Å²) < 4.78 is 1.93. The van der Waals surface area contributed by atoms with Crippen molar-refractivity contribution in [1.82, 2.24) is 9.78 Å². The quantitative estimate of drug-likeness (QED) is 0.569. The Bertz CT molecular complexity index is 1060. The molecule has 5 rings (SSSR count). The van der Waals surface area contributed by atoms with Crippen molar-refractivity contribution in [2.24, 2.45) is 0 Å². The van der Waals surface area contributed by atoms with Crippen LogP contribution in [0, 0.1) is 0 Å². The third kappa shape index (κ3) is 2.61. The second-order valence-corrected chi connectivity index (χ2v) is 7.02. The SMILES string of the molecule is OC(c1ccc2c(cnn2-c2ccccc2)c1)c1ccccc1C1CC1. The van der Waals surface area contributed by atoms with Crippen molar-refractivity contribution in [3.05, 3.63) is 95.7 Å². The summed E-state index contributed by atoms with van der Waals surface area (Å²) in [6.45, 7) is 0. The molecular formula is C23H20N2O. The fraction of sp³-hybridized carbons (Fsp3) is 0.174. The van der Waals surface area contributed by atoms with Crippen LogP contribution >= 0.6 is 0 Å². The van der Waals surface area contributed by atoms with E-state index in [9.17, 15) is 5.11 Å². The highest BCUT2D eigenvalue weighted by Gasteiger charge is 2.28. The zero-order valence-electron chi connectivity index (χ0n) is 14.4. The Hall–Kier alpha value is -2.91. The molecule has 0 aliphatic heterocycles. The van der Waals surface area contributed by atoms with Gasteiger partial charge >= 0.3 is 0 Å². The molecule has 1 saturated carbocycles. The molecule has 1 fully saturated rings. The topological polar surface area (TPSA) is 38.1 Å². The molecule has 0 bridgehead atoms. The largest absolute Gasteiger partial charge is 0.384 e. The average molecular weight is 340 g/mol. The number of aliphatic hydroxyl groups is 1. The van der Waals surface area contributed by atoms with Crippen molar-refractivity contribution >= 4 is 10.9 Å². The van der Waals surface area contributed by atoms with E-state index >= 15 is 0 Å². The lowest BCUT2D eigenvalue weighted by molar-refractivity contribution is 0.219. The molecule has 1 unspecified atom stereocenters. The van der Waals surface area contributed by atoms with Gasteiger partial charge < -0.3 is 5.11 Å². The van der Waals surface area contributed by atoms with Crippen molar-refractivity contribution in [3.63, 3.8) is 0 Å². The Labute approximate surface area is 152 Å². The molecule has 3 aromatic carbocycles. The summed E-state index contributed by atoms with van der Waals surface area (Å²) in [7, 11) is 0. The molecule has 1 heterocycles. The summed E-state index contributed by atoms with van der Waals surface area (Å²) in [6.07, 6.45) is 3.72. The van der Waals surface area contributed by atoms with Gasteiger partial charge in [0, 0.05) is 5.39 Å². The normalized spacial score (nSPS) is 15.3. The highest BCUT2D eigenvalue weighted by Crippen LogP contribution is 2.43. The van der Waals surface area contributed by atoms with Gasteiger partial charge in [-0.2, -0.15) is 5.10 Å². The Balaban J connectivity index is 1.55. The van der Waals surface area contributed by atoms with E-state index < -0.39 is 6.10 Å². The first-order valence-corrected chi connectivity index (χ1v) is 9.11. The first-order valence-electron chi connectivity index (χ1n) is 9.11. The van der Waals surface area contributed by atoms with E-state index in [2.05, 4.69) is 29.4 Å². The second kappa shape index (κ2) is 6.11. The number of aliphatic hydroxyl groups excluding tert-OH is 1. The molecule has 0 amide bonds. The monoisotopic (exact) mass is 340 g/mol. The van der Waals surface area contributed by atoms with E-state index in [0.717, 1.165) is 27.7 Å². The van der Waals surface area contributed by atoms with E-state index in [1.807, 2.05) is 59.4 Å². The molecule has 1 aliphatic rings. The number of hydrogen-bond acceptors (Lipinski definition) is 2.